The molecule has 0 radical (unpaired) electrons. The van der Waals surface area contributed by atoms with Crippen molar-refractivity contribution in [2.75, 3.05) is 6.54 Å². The molecule has 1 heterocycles. The highest BCUT2D eigenvalue weighted by Crippen LogP contribution is 2.51. The second kappa shape index (κ2) is 5.46. The molecule has 0 spiro atoms. The van der Waals surface area contributed by atoms with Crippen molar-refractivity contribution in [2.45, 2.75) is 37.3 Å². The van der Waals surface area contributed by atoms with Crippen molar-refractivity contribution in [1.82, 2.24) is 5.32 Å². The van der Waals surface area contributed by atoms with Crippen molar-refractivity contribution in [2.24, 2.45) is 16.5 Å². The molecule has 1 fully saturated rings. The molecule has 0 unspecified atom stereocenters. The zero-order valence-electron chi connectivity index (χ0n) is 11.7. The molecule has 0 aliphatic heterocycles. The molecule has 0 atom stereocenters. The van der Waals surface area contributed by atoms with Crippen LogP contribution in [-0.4, -0.2) is 20.9 Å². The summed E-state index contributed by atoms with van der Waals surface area (Å²) < 4.78 is 22.4. The number of carbonyl (C=O) groups excluding carboxylic acids is 1. The number of hydrogen-bond donors (Lipinski definition) is 2. The van der Waals surface area contributed by atoms with Crippen LogP contribution in [0, 0.1) is 11.3 Å². The number of nitrogens with one attached hydrogen (secondary N) is 1. The summed E-state index contributed by atoms with van der Waals surface area (Å²) in [6.45, 7) is 5.06. The topological polar surface area (TPSA) is 89.3 Å². The molecular weight excluding hydrogens is 296 g/mol. The molecule has 1 aliphatic rings. The number of thiophene rings is 1. The average Bonchev–Trinajstić information content (AvgIpc) is 2.98. The van der Waals surface area contributed by atoms with Gasteiger partial charge in [0.2, 0.25) is 15.9 Å². The van der Waals surface area contributed by atoms with E-state index in [1.807, 2.05) is 0 Å². The molecule has 5 nitrogen and oxygen atoms in total. The fourth-order valence-corrected chi connectivity index (χ4v) is 4.00. The lowest BCUT2D eigenvalue weighted by Crippen LogP contribution is -2.33. The Bertz CT molecular complexity index is 601. The molecule has 1 aromatic rings. The Morgan fingerprint density at radius 2 is 2.10 bits per heavy atom. The van der Waals surface area contributed by atoms with Gasteiger partial charge in [0.25, 0.3) is 0 Å². The summed E-state index contributed by atoms with van der Waals surface area (Å²) in [7, 11) is -3.67. The highest BCUT2D eigenvalue weighted by Gasteiger charge is 2.45. The van der Waals surface area contributed by atoms with E-state index in [9.17, 15) is 13.2 Å². The molecule has 0 bridgehead atoms. The molecule has 1 saturated carbocycles. The van der Waals surface area contributed by atoms with Crippen molar-refractivity contribution in [3.8, 4) is 0 Å². The van der Waals surface area contributed by atoms with Crippen LogP contribution < -0.4 is 10.5 Å². The lowest BCUT2D eigenvalue weighted by atomic mass is 9.92. The number of amides is 1. The van der Waals surface area contributed by atoms with E-state index in [4.69, 9.17) is 5.14 Å². The maximum absolute atomic E-state index is 11.9. The Kier molecular flexibility index (Phi) is 4.22. The molecular formula is C13H20N2O3S2. The van der Waals surface area contributed by atoms with E-state index in [2.05, 4.69) is 19.2 Å². The third-order valence-corrected chi connectivity index (χ3v) is 6.53. The lowest BCUT2D eigenvalue weighted by Gasteiger charge is -2.19. The minimum absolute atomic E-state index is 0.0697. The van der Waals surface area contributed by atoms with Crippen LogP contribution in [0.15, 0.2) is 16.3 Å². The number of hydrogen-bond acceptors (Lipinski definition) is 4. The van der Waals surface area contributed by atoms with Gasteiger partial charge in [0.15, 0.2) is 0 Å². The van der Waals surface area contributed by atoms with Crippen LogP contribution in [0.3, 0.4) is 0 Å². The smallest absolute Gasteiger partial charge is 0.247 e. The molecule has 0 aromatic carbocycles. The summed E-state index contributed by atoms with van der Waals surface area (Å²) in [4.78, 5) is 12.6. The van der Waals surface area contributed by atoms with Crippen LogP contribution in [0.5, 0.6) is 0 Å². The van der Waals surface area contributed by atoms with E-state index in [1.165, 1.54) is 18.9 Å². The highest BCUT2D eigenvalue weighted by molar-refractivity contribution is 7.91. The van der Waals surface area contributed by atoms with Gasteiger partial charge in [0, 0.05) is 11.4 Å². The standard InChI is InChI=1S/C13H20N2O3S2/c1-9(2)13(5-6-13)8-15-11(16)7-10-3-4-12(19-10)20(14,17)18/h3-4,9H,5-8H2,1-2H3,(H,15,16)(H2,14,17,18). The fraction of sp³-hybridized carbons (Fsp3) is 0.615. The Balaban J connectivity index is 1.88. The molecule has 0 saturated heterocycles. The first kappa shape index (κ1) is 15.5. The van der Waals surface area contributed by atoms with E-state index in [0.717, 1.165) is 11.3 Å². The quantitative estimate of drug-likeness (QED) is 0.833. The lowest BCUT2D eigenvalue weighted by molar-refractivity contribution is -0.120. The van der Waals surface area contributed by atoms with Gasteiger partial charge in [0.1, 0.15) is 4.21 Å². The van der Waals surface area contributed by atoms with E-state index >= 15 is 0 Å². The van der Waals surface area contributed by atoms with Crippen molar-refractivity contribution in [3.05, 3.63) is 17.0 Å². The maximum atomic E-state index is 11.9. The van der Waals surface area contributed by atoms with E-state index in [1.54, 1.807) is 6.07 Å². The van der Waals surface area contributed by atoms with Crippen molar-refractivity contribution in [3.63, 3.8) is 0 Å². The zero-order valence-corrected chi connectivity index (χ0v) is 13.3. The van der Waals surface area contributed by atoms with E-state index < -0.39 is 10.0 Å². The van der Waals surface area contributed by atoms with Crippen molar-refractivity contribution < 1.29 is 13.2 Å². The summed E-state index contributed by atoms with van der Waals surface area (Å²) in [6, 6.07) is 3.08. The molecule has 7 heteroatoms. The van der Waals surface area contributed by atoms with Crippen molar-refractivity contribution >= 4 is 27.3 Å². The molecule has 20 heavy (non-hydrogen) atoms. The van der Waals surface area contributed by atoms with Gasteiger partial charge < -0.3 is 5.32 Å². The number of primary sulfonamides is 1. The SMILES string of the molecule is CC(C)C1(CNC(=O)Cc2ccc(S(N)(=O)=O)s2)CC1. The Morgan fingerprint density at radius 3 is 2.55 bits per heavy atom. The minimum atomic E-state index is -3.67. The van der Waals surface area contributed by atoms with Gasteiger partial charge in [-0.3, -0.25) is 4.79 Å². The maximum Gasteiger partial charge on any atom is 0.247 e. The van der Waals surface area contributed by atoms with Gasteiger partial charge in [-0.25, -0.2) is 13.6 Å². The summed E-state index contributed by atoms with van der Waals surface area (Å²) in [5.41, 5.74) is 0.275. The van der Waals surface area contributed by atoms with Crippen LogP contribution in [0.2, 0.25) is 0 Å². The zero-order chi connectivity index (χ0) is 15.0. The summed E-state index contributed by atoms with van der Waals surface area (Å²) in [5, 5.41) is 7.99. The average molecular weight is 316 g/mol. The van der Waals surface area contributed by atoms with Gasteiger partial charge in [-0.1, -0.05) is 13.8 Å². The number of carbonyl (C=O) groups is 1. The molecule has 1 amide bonds. The van der Waals surface area contributed by atoms with Gasteiger partial charge in [-0.05, 0) is 36.3 Å². The van der Waals surface area contributed by atoms with Gasteiger partial charge in [-0.2, -0.15) is 0 Å². The van der Waals surface area contributed by atoms with Gasteiger partial charge >= 0.3 is 0 Å². The van der Waals surface area contributed by atoms with Crippen molar-refractivity contribution in [1.29, 1.82) is 0 Å². The monoisotopic (exact) mass is 316 g/mol. The molecule has 3 N–H and O–H groups in total. The first-order chi connectivity index (χ1) is 9.23. The first-order valence-corrected chi connectivity index (χ1v) is 8.97. The third kappa shape index (κ3) is 3.59. The third-order valence-electron chi connectivity index (χ3n) is 4.01. The number of sulfonamides is 1. The summed E-state index contributed by atoms with van der Waals surface area (Å²) >= 11 is 1.05. The number of rotatable bonds is 6. The minimum Gasteiger partial charge on any atom is -0.355 e. The highest BCUT2D eigenvalue weighted by atomic mass is 32.2. The molecule has 112 valence electrons. The normalized spacial score (nSPS) is 17.2. The van der Waals surface area contributed by atoms with Gasteiger partial charge in [-0.15, -0.1) is 11.3 Å². The summed E-state index contributed by atoms with van der Waals surface area (Å²) in [5.74, 6) is 0.498. The summed E-state index contributed by atoms with van der Waals surface area (Å²) in [6.07, 6.45) is 2.54. The molecule has 1 aromatic heterocycles. The number of nitrogens with two attached hydrogens (primary N) is 1. The molecule has 1 aliphatic carbocycles. The Hall–Kier alpha value is -0.920. The second-order valence-electron chi connectivity index (χ2n) is 5.74. The van der Waals surface area contributed by atoms with E-state index in [-0.39, 0.29) is 22.0 Å². The molecule has 2 rings (SSSR count). The predicted molar refractivity (Wildman–Crippen MR) is 78.9 cm³/mol. The fourth-order valence-electron chi connectivity index (χ4n) is 2.22. The largest absolute Gasteiger partial charge is 0.355 e. The van der Waals surface area contributed by atoms with Crippen LogP contribution in [0.25, 0.3) is 0 Å². The van der Waals surface area contributed by atoms with E-state index in [0.29, 0.717) is 17.3 Å². The van der Waals surface area contributed by atoms with Crippen LogP contribution in [0.4, 0.5) is 0 Å². The van der Waals surface area contributed by atoms with Crippen LogP contribution in [0.1, 0.15) is 31.6 Å². The van der Waals surface area contributed by atoms with Crippen LogP contribution >= 0.6 is 11.3 Å². The Labute approximate surface area is 123 Å². The first-order valence-electron chi connectivity index (χ1n) is 6.61. The Morgan fingerprint density at radius 1 is 1.45 bits per heavy atom. The second-order valence-corrected chi connectivity index (χ2v) is 8.69. The predicted octanol–water partition coefficient (Wildman–Crippen LogP) is 1.49. The van der Waals surface area contributed by atoms with Gasteiger partial charge in [0.05, 0.1) is 6.42 Å². The van der Waals surface area contributed by atoms with Crippen LogP contribution in [-0.2, 0) is 21.2 Å².